The Hall–Kier alpha value is -0.830. The Kier molecular flexibility index (Phi) is 2.00. The normalized spacial score (nSPS) is 32.2. The first-order valence-electron chi connectivity index (χ1n) is 3.73. The number of nitrogens with zero attached hydrogens (tertiary/aromatic N) is 1. The molecule has 0 saturated carbocycles. The van der Waals surface area contributed by atoms with Gasteiger partial charge in [-0.15, -0.1) is 0 Å². The Morgan fingerprint density at radius 3 is 2.91 bits per heavy atom. The predicted molar refractivity (Wildman–Crippen MR) is 41.8 cm³/mol. The number of piperidine rings is 1. The highest BCUT2D eigenvalue weighted by Crippen LogP contribution is 2.25. The zero-order valence-electron chi connectivity index (χ0n) is 6.71. The molecule has 0 aromatic heterocycles. The van der Waals surface area contributed by atoms with E-state index in [4.69, 9.17) is 0 Å². The number of hydrogen-bond acceptors (Lipinski definition) is 2. The third-order valence-electron chi connectivity index (χ3n) is 2.22. The lowest BCUT2D eigenvalue weighted by molar-refractivity contribution is -0.154. The van der Waals surface area contributed by atoms with Gasteiger partial charge in [0.25, 0.3) is 0 Å². The van der Waals surface area contributed by atoms with E-state index in [2.05, 4.69) is 6.58 Å². The molecule has 0 radical (unpaired) electrons. The molecule has 1 amide bonds. The van der Waals surface area contributed by atoms with Gasteiger partial charge in [-0.3, -0.25) is 4.79 Å². The minimum Gasteiger partial charge on any atom is -0.367 e. The fourth-order valence-corrected chi connectivity index (χ4v) is 1.29. The monoisotopic (exact) mass is 155 g/mol. The highest BCUT2D eigenvalue weighted by Gasteiger charge is 2.35. The first-order valence-corrected chi connectivity index (χ1v) is 3.73. The zero-order chi connectivity index (χ0) is 8.48. The summed E-state index contributed by atoms with van der Waals surface area (Å²) < 4.78 is 0. The average molecular weight is 155 g/mol. The van der Waals surface area contributed by atoms with Crippen molar-refractivity contribution < 1.29 is 9.90 Å². The molecule has 1 N–H and O–H groups in total. The number of carbonyl (C=O) groups excluding carboxylic acids is 1. The van der Waals surface area contributed by atoms with Crippen molar-refractivity contribution in [3.8, 4) is 0 Å². The van der Waals surface area contributed by atoms with Crippen LogP contribution in [0.1, 0.15) is 19.3 Å². The van der Waals surface area contributed by atoms with Gasteiger partial charge in [-0.2, -0.15) is 0 Å². The van der Waals surface area contributed by atoms with Gasteiger partial charge in [0.15, 0.2) is 5.72 Å². The van der Waals surface area contributed by atoms with Crippen molar-refractivity contribution in [1.82, 2.24) is 4.90 Å². The van der Waals surface area contributed by atoms with Gasteiger partial charge in [-0.1, -0.05) is 6.58 Å². The average Bonchev–Trinajstić information content (AvgIpc) is 2.00. The van der Waals surface area contributed by atoms with Crippen molar-refractivity contribution in [2.24, 2.45) is 0 Å². The van der Waals surface area contributed by atoms with Gasteiger partial charge >= 0.3 is 0 Å². The zero-order valence-corrected chi connectivity index (χ0v) is 6.71. The summed E-state index contributed by atoms with van der Waals surface area (Å²) in [7, 11) is 1.60. The molecule has 0 aromatic carbocycles. The SMILES string of the molecule is C=CC1(O)CCCC(=O)N1C. The second-order valence-electron chi connectivity index (χ2n) is 2.89. The summed E-state index contributed by atoms with van der Waals surface area (Å²) in [6.07, 6.45) is 3.29. The standard InChI is InChI=1S/C8H13NO2/c1-3-8(11)6-4-5-7(10)9(8)2/h3,11H,1,4-6H2,2H3. The van der Waals surface area contributed by atoms with Crippen LogP contribution in [-0.2, 0) is 4.79 Å². The topological polar surface area (TPSA) is 40.5 Å². The Balaban J connectivity index is 2.80. The van der Waals surface area contributed by atoms with Crippen LogP contribution in [0.25, 0.3) is 0 Å². The molecule has 1 unspecified atom stereocenters. The molecule has 1 rings (SSSR count). The van der Waals surface area contributed by atoms with Crippen LogP contribution in [0.5, 0.6) is 0 Å². The maximum absolute atomic E-state index is 11.1. The van der Waals surface area contributed by atoms with Crippen molar-refractivity contribution >= 4 is 5.91 Å². The molecule has 1 saturated heterocycles. The predicted octanol–water partition coefficient (Wildman–Crippen LogP) is 0.503. The van der Waals surface area contributed by atoms with Crippen LogP contribution in [0.4, 0.5) is 0 Å². The smallest absolute Gasteiger partial charge is 0.224 e. The number of likely N-dealkylation sites (tertiary alicyclic amines) is 1. The summed E-state index contributed by atoms with van der Waals surface area (Å²) in [5.41, 5.74) is -1.10. The summed E-state index contributed by atoms with van der Waals surface area (Å²) in [6, 6.07) is 0. The quantitative estimate of drug-likeness (QED) is 0.560. The molecule has 0 aliphatic carbocycles. The summed E-state index contributed by atoms with van der Waals surface area (Å²) in [6.45, 7) is 3.50. The second-order valence-corrected chi connectivity index (χ2v) is 2.89. The van der Waals surface area contributed by atoms with Gasteiger partial charge in [0.05, 0.1) is 0 Å². The Morgan fingerprint density at radius 1 is 1.82 bits per heavy atom. The van der Waals surface area contributed by atoms with Gasteiger partial charge < -0.3 is 10.0 Å². The van der Waals surface area contributed by atoms with Crippen molar-refractivity contribution in [3.63, 3.8) is 0 Å². The van der Waals surface area contributed by atoms with E-state index in [0.717, 1.165) is 6.42 Å². The van der Waals surface area contributed by atoms with Crippen molar-refractivity contribution in [2.75, 3.05) is 7.05 Å². The van der Waals surface area contributed by atoms with E-state index in [0.29, 0.717) is 12.8 Å². The maximum atomic E-state index is 11.1. The number of hydrogen-bond donors (Lipinski definition) is 1. The number of aliphatic hydroxyl groups is 1. The van der Waals surface area contributed by atoms with E-state index in [1.165, 1.54) is 11.0 Å². The Bertz CT molecular complexity index is 191. The van der Waals surface area contributed by atoms with Gasteiger partial charge in [0.1, 0.15) is 0 Å². The van der Waals surface area contributed by atoms with E-state index < -0.39 is 5.72 Å². The van der Waals surface area contributed by atoms with E-state index in [-0.39, 0.29) is 5.91 Å². The number of rotatable bonds is 1. The van der Waals surface area contributed by atoms with Gasteiger partial charge in [0.2, 0.25) is 5.91 Å². The highest BCUT2D eigenvalue weighted by molar-refractivity contribution is 5.77. The molecule has 0 spiro atoms. The van der Waals surface area contributed by atoms with E-state index in [9.17, 15) is 9.90 Å². The Morgan fingerprint density at radius 2 is 2.45 bits per heavy atom. The van der Waals surface area contributed by atoms with Crippen LogP contribution in [-0.4, -0.2) is 28.7 Å². The lowest BCUT2D eigenvalue weighted by Gasteiger charge is -2.38. The molecule has 1 heterocycles. The fraction of sp³-hybridized carbons (Fsp3) is 0.625. The lowest BCUT2D eigenvalue weighted by atomic mass is 9.99. The molecule has 0 bridgehead atoms. The number of likely N-dealkylation sites (N-methyl/N-ethyl adjacent to an activating group) is 1. The Labute approximate surface area is 66.3 Å². The molecule has 1 aliphatic heterocycles. The van der Waals surface area contributed by atoms with Crippen LogP contribution in [0.2, 0.25) is 0 Å². The van der Waals surface area contributed by atoms with Crippen molar-refractivity contribution in [2.45, 2.75) is 25.0 Å². The van der Waals surface area contributed by atoms with Crippen LogP contribution >= 0.6 is 0 Å². The third kappa shape index (κ3) is 1.28. The largest absolute Gasteiger partial charge is 0.367 e. The van der Waals surface area contributed by atoms with Crippen LogP contribution in [0, 0.1) is 0 Å². The molecule has 62 valence electrons. The van der Waals surface area contributed by atoms with Crippen molar-refractivity contribution in [3.05, 3.63) is 12.7 Å². The summed E-state index contributed by atoms with van der Waals surface area (Å²) >= 11 is 0. The summed E-state index contributed by atoms with van der Waals surface area (Å²) in [5, 5.41) is 9.71. The lowest BCUT2D eigenvalue weighted by Crippen LogP contribution is -2.50. The van der Waals surface area contributed by atoms with Crippen LogP contribution in [0.15, 0.2) is 12.7 Å². The number of carbonyl (C=O) groups is 1. The minimum atomic E-state index is -1.10. The first-order chi connectivity index (χ1) is 5.10. The summed E-state index contributed by atoms with van der Waals surface area (Å²) in [4.78, 5) is 12.4. The molecule has 1 aliphatic rings. The molecule has 3 heteroatoms. The van der Waals surface area contributed by atoms with Gasteiger partial charge in [-0.25, -0.2) is 0 Å². The molecule has 1 atom stereocenters. The van der Waals surface area contributed by atoms with Gasteiger partial charge in [0, 0.05) is 13.5 Å². The third-order valence-corrected chi connectivity index (χ3v) is 2.22. The molecule has 11 heavy (non-hydrogen) atoms. The summed E-state index contributed by atoms with van der Waals surface area (Å²) in [5.74, 6) is -0.0151. The first kappa shape index (κ1) is 8.27. The van der Waals surface area contributed by atoms with Gasteiger partial charge in [-0.05, 0) is 18.9 Å². The van der Waals surface area contributed by atoms with E-state index in [1.807, 2.05) is 0 Å². The molecule has 3 nitrogen and oxygen atoms in total. The molecule has 0 aromatic rings. The van der Waals surface area contributed by atoms with Crippen LogP contribution in [0.3, 0.4) is 0 Å². The molecule has 1 fully saturated rings. The fourth-order valence-electron chi connectivity index (χ4n) is 1.29. The number of amides is 1. The minimum absolute atomic E-state index is 0.0151. The van der Waals surface area contributed by atoms with E-state index in [1.54, 1.807) is 7.05 Å². The second kappa shape index (κ2) is 2.66. The van der Waals surface area contributed by atoms with Crippen molar-refractivity contribution in [1.29, 1.82) is 0 Å². The maximum Gasteiger partial charge on any atom is 0.224 e. The highest BCUT2D eigenvalue weighted by atomic mass is 16.3. The molecular formula is C8H13NO2. The van der Waals surface area contributed by atoms with Crippen LogP contribution < -0.4 is 0 Å². The molecular weight excluding hydrogens is 142 g/mol. The van der Waals surface area contributed by atoms with E-state index >= 15 is 0 Å².